The van der Waals surface area contributed by atoms with Crippen molar-refractivity contribution in [3.63, 3.8) is 0 Å². The molecule has 5 rings (SSSR count). The number of methoxy groups -OCH3 is 2. The quantitative estimate of drug-likeness (QED) is 0.286. The van der Waals surface area contributed by atoms with Crippen LogP contribution in [0.3, 0.4) is 0 Å². The van der Waals surface area contributed by atoms with Gasteiger partial charge in [0.25, 0.3) is 11.4 Å². The lowest BCUT2D eigenvalue weighted by molar-refractivity contribution is -0.404. The molecular weight excluding hydrogens is 596 g/mol. The predicted octanol–water partition coefficient (Wildman–Crippen LogP) is 4.19. The SMILES string of the molecule is COc1ccc2c(c1OC)C1=CC(=O)C(Br)CC13CCN(C)C3C2.O=[N+]([O-])c1cc([N+](=O)[O-])c(O)c([N+](=O)[O-])c1. The molecule has 0 saturated carbocycles. The summed E-state index contributed by atoms with van der Waals surface area (Å²) in [5, 5.41) is 40.2. The van der Waals surface area contributed by atoms with Crippen LogP contribution >= 0.6 is 15.9 Å². The molecule has 212 valence electrons. The number of ether oxygens (including phenoxy) is 2. The van der Waals surface area contributed by atoms with E-state index in [0.29, 0.717) is 18.2 Å². The number of ketones is 1. The highest BCUT2D eigenvalue weighted by atomic mass is 79.9. The molecule has 3 atom stereocenters. The van der Waals surface area contributed by atoms with E-state index < -0.39 is 37.6 Å². The lowest BCUT2D eigenvalue weighted by atomic mass is 9.60. The number of carbonyl (C=O) groups is 1. The number of phenolic OH excluding ortho intramolecular Hbond substituents is 1. The van der Waals surface area contributed by atoms with Gasteiger partial charge in [0.1, 0.15) is 0 Å². The summed E-state index contributed by atoms with van der Waals surface area (Å²) in [7, 11) is 5.53. The summed E-state index contributed by atoms with van der Waals surface area (Å²) in [5.41, 5.74) is 0.488. The van der Waals surface area contributed by atoms with Gasteiger partial charge in [0.05, 0.1) is 45.9 Å². The van der Waals surface area contributed by atoms with Gasteiger partial charge in [-0.15, -0.1) is 0 Å². The molecule has 0 amide bonds. The Balaban J connectivity index is 0.000000202. The first-order valence-corrected chi connectivity index (χ1v) is 12.9. The van der Waals surface area contributed by atoms with Crippen molar-refractivity contribution in [3.8, 4) is 17.2 Å². The molecule has 1 N–H and O–H groups in total. The maximum Gasteiger partial charge on any atom is 0.324 e. The first kappa shape index (κ1) is 28.9. The third-order valence-corrected chi connectivity index (χ3v) is 8.50. The van der Waals surface area contributed by atoms with Crippen LogP contribution in [0.2, 0.25) is 0 Å². The van der Waals surface area contributed by atoms with Gasteiger partial charge in [-0.3, -0.25) is 35.1 Å². The molecular formula is C25H25BrN4O10. The van der Waals surface area contributed by atoms with Crippen molar-refractivity contribution in [2.24, 2.45) is 5.41 Å². The van der Waals surface area contributed by atoms with Crippen LogP contribution < -0.4 is 9.47 Å². The van der Waals surface area contributed by atoms with Crippen LogP contribution in [0.1, 0.15) is 24.0 Å². The maximum absolute atomic E-state index is 12.5. The number of alkyl halides is 1. The number of allylic oxidation sites excluding steroid dienone is 1. The molecule has 0 aromatic heterocycles. The number of non-ortho nitro benzene ring substituents is 1. The van der Waals surface area contributed by atoms with E-state index in [2.05, 4.69) is 33.9 Å². The summed E-state index contributed by atoms with van der Waals surface area (Å²) in [6, 6.07) is 5.42. The van der Waals surface area contributed by atoms with E-state index in [1.165, 1.54) is 5.56 Å². The Bertz CT molecular complexity index is 1430. The van der Waals surface area contributed by atoms with Crippen LogP contribution in [-0.2, 0) is 11.2 Å². The zero-order chi connectivity index (χ0) is 29.5. The number of likely N-dealkylation sites (tertiary alicyclic amines) is 1. The van der Waals surface area contributed by atoms with Crippen LogP contribution in [0.15, 0.2) is 30.3 Å². The highest BCUT2D eigenvalue weighted by Crippen LogP contribution is 2.60. The van der Waals surface area contributed by atoms with Crippen molar-refractivity contribution in [2.75, 3.05) is 27.8 Å². The molecule has 2 aromatic carbocycles. The summed E-state index contributed by atoms with van der Waals surface area (Å²) in [4.78, 5) is 42.6. The lowest BCUT2D eigenvalue weighted by Crippen LogP contribution is -2.47. The minimum atomic E-state index is -1.21. The van der Waals surface area contributed by atoms with E-state index in [-0.39, 0.29) is 16.0 Å². The van der Waals surface area contributed by atoms with Crippen LogP contribution in [0, 0.1) is 35.8 Å². The number of hydrogen-bond donors (Lipinski definition) is 1. The van der Waals surface area contributed by atoms with Crippen molar-refractivity contribution in [1.82, 2.24) is 4.90 Å². The molecule has 3 unspecified atom stereocenters. The summed E-state index contributed by atoms with van der Waals surface area (Å²) < 4.78 is 11.2. The Kier molecular flexibility index (Phi) is 7.81. The molecule has 3 aliphatic rings. The van der Waals surface area contributed by atoms with Gasteiger partial charge in [-0.05, 0) is 56.1 Å². The van der Waals surface area contributed by atoms with E-state index in [0.717, 1.165) is 48.4 Å². The molecule has 15 heteroatoms. The van der Waals surface area contributed by atoms with E-state index in [4.69, 9.17) is 14.6 Å². The normalized spacial score (nSPS) is 23.0. The molecule has 0 bridgehead atoms. The second-order valence-electron chi connectivity index (χ2n) is 9.68. The number of halogens is 1. The number of aromatic hydroxyl groups is 1. The highest BCUT2D eigenvalue weighted by Gasteiger charge is 2.55. The summed E-state index contributed by atoms with van der Waals surface area (Å²) >= 11 is 3.60. The number of nitrogens with zero attached hydrogens (tertiary/aromatic N) is 4. The minimum Gasteiger partial charge on any atom is -0.497 e. The van der Waals surface area contributed by atoms with Gasteiger partial charge in [-0.1, -0.05) is 22.0 Å². The number of carbonyl (C=O) groups excluding carboxylic acids is 1. The molecule has 2 aliphatic carbocycles. The number of likely N-dealkylation sites (N-methyl/N-ethyl adjacent to an activating group) is 1. The van der Waals surface area contributed by atoms with Crippen molar-refractivity contribution in [2.45, 2.75) is 30.1 Å². The fourth-order valence-electron chi connectivity index (χ4n) is 5.87. The third kappa shape index (κ3) is 4.75. The third-order valence-electron chi connectivity index (χ3n) is 7.73. The van der Waals surface area contributed by atoms with Gasteiger partial charge in [0.15, 0.2) is 17.3 Å². The van der Waals surface area contributed by atoms with Crippen LogP contribution in [0.25, 0.3) is 5.57 Å². The molecule has 1 aliphatic heterocycles. The van der Waals surface area contributed by atoms with E-state index in [1.807, 2.05) is 12.1 Å². The van der Waals surface area contributed by atoms with E-state index >= 15 is 0 Å². The summed E-state index contributed by atoms with van der Waals surface area (Å²) in [5.74, 6) is 0.433. The molecule has 40 heavy (non-hydrogen) atoms. The maximum atomic E-state index is 12.5. The monoisotopic (exact) mass is 620 g/mol. The molecule has 1 spiro atoms. The Morgan fingerprint density at radius 1 is 1.05 bits per heavy atom. The van der Waals surface area contributed by atoms with Gasteiger partial charge in [-0.25, -0.2) is 0 Å². The number of nitro benzene ring substituents is 3. The first-order valence-electron chi connectivity index (χ1n) is 12.0. The smallest absolute Gasteiger partial charge is 0.324 e. The zero-order valence-electron chi connectivity index (χ0n) is 21.7. The topological polar surface area (TPSA) is 188 Å². The highest BCUT2D eigenvalue weighted by molar-refractivity contribution is 9.10. The van der Waals surface area contributed by atoms with E-state index in [1.54, 1.807) is 14.2 Å². The number of phenols is 1. The minimum absolute atomic E-state index is 0.0173. The largest absolute Gasteiger partial charge is 0.497 e. The summed E-state index contributed by atoms with van der Waals surface area (Å²) in [6.07, 6.45) is 4.77. The first-order chi connectivity index (χ1) is 18.9. The van der Waals surface area contributed by atoms with Crippen LogP contribution in [0.4, 0.5) is 17.1 Å². The predicted molar refractivity (Wildman–Crippen MR) is 145 cm³/mol. The van der Waals surface area contributed by atoms with Gasteiger partial charge >= 0.3 is 11.4 Å². The number of fused-ring (bicyclic) bond motifs is 2. The van der Waals surface area contributed by atoms with Crippen molar-refractivity contribution in [1.29, 1.82) is 0 Å². The molecule has 2 aromatic rings. The Morgan fingerprint density at radius 3 is 2.20 bits per heavy atom. The number of hydrogen-bond acceptors (Lipinski definition) is 11. The second kappa shape index (κ2) is 10.8. The average Bonchev–Trinajstić information content (AvgIpc) is 3.22. The summed E-state index contributed by atoms with van der Waals surface area (Å²) in [6.45, 7) is 1.06. The van der Waals surface area contributed by atoms with Crippen molar-refractivity contribution in [3.05, 3.63) is 71.8 Å². The average molecular weight is 621 g/mol. The Hall–Kier alpha value is -4.11. The molecule has 1 heterocycles. The Labute approximate surface area is 235 Å². The van der Waals surface area contributed by atoms with E-state index in [9.17, 15) is 35.1 Å². The van der Waals surface area contributed by atoms with Gasteiger partial charge in [0.2, 0.25) is 0 Å². The Morgan fingerprint density at radius 2 is 1.68 bits per heavy atom. The zero-order valence-corrected chi connectivity index (χ0v) is 23.2. The van der Waals surface area contributed by atoms with Gasteiger partial charge in [-0.2, -0.15) is 0 Å². The number of rotatable bonds is 5. The number of nitro groups is 3. The van der Waals surface area contributed by atoms with Gasteiger partial charge in [0, 0.05) is 17.0 Å². The molecule has 14 nitrogen and oxygen atoms in total. The molecule has 1 saturated heterocycles. The van der Waals surface area contributed by atoms with Crippen molar-refractivity contribution >= 4 is 44.3 Å². The standard InChI is InChI=1S/C19H22BrNO3.C6H3N3O7/c1-21-7-6-19-10-13(20)14(22)9-12(19)17-11(8-16(19)21)4-5-15(23-2)18(17)24-3;10-6-4(8(13)14)1-3(7(11)12)2-5(6)9(15)16/h4-5,9,13,16H,6-8,10H2,1-3H3;1-2,10H. The molecule has 0 radical (unpaired) electrons. The fourth-order valence-corrected chi connectivity index (χ4v) is 6.58. The molecule has 1 fully saturated rings. The fraction of sp³-hybridized carbons (Fsp3) is 0.400. The van der Waals surface area contributed by atoms with Crippen LogP contribution in [0.5, 0.6) is 17.2 Å². The van der Waals surface area contributed by atoms with Gasteiger partial charge < -0.3 is 19.5 Å². The number of benzene rings is 2. The lowest BCUT2D eigenvalue weighted by Gasteiger charge is -2.47. The second-order valence-corrected chi connectivity index (χ2v) is 10.8. The van der Waals surface area contributed by atoms with Crippen LogP contribution in [-0.4, -0.2) is 69.2 Å². The van der Waals surface area contributed by atoms with Crippen molar-refractivity contribution < 1.29 is 34.1 Å².